The molecule has 1 fully saturated rings. The molecule has 1 aliphatic rings. The second-order valence-corrected chi connectivity index (χ2v) is 7.72. The summed E-state index contributed by atoms with van der Waals surface area (Å²) in [6.07, 6.45) is 4.98. The summed E-state index contributed by atoms with van der Waals surface area (Å²) in [5.41, 5.74) is 0.887. The number of carbonyl (C=O) groups is 1. The number of nitrogens with zero attached hydrogens (tertiary/aromatic N) is 4. The number of piperidine rings is 1. The van der Waals surface area contributed by atoms with E-state index in [9.17, 15) is 4.79 Å². The van der Waals surface area contributed by atoms with Crippen LogP contribution in [0.3, 0.4) is 0 Å². The molecule has 0 atom stereocenters. The standard InChI is InChI=1S/C21H24N4O3S/c1-2-27-17-10-8-16(9-11-17)25-20(18-7-6-14-28-18)22-23-21(25)29-15-19(26)24-12-4-3-5-13-24/h6-11,14H,2-5,12-13,15H2,1H3. The third-order valence-corrected chi connectivity index (χ3v) is 5.73. The predicted molar refractivity (Wildman–Crippen MR) is 111 cm³/mol. The van der Waals surface area contributed by atoms with Crippen molar-refractivity contribution in [3.8, 4) is 23.0 Å². The lowest BCUT2D eigenvalue weighted by Crippen LogP contribution is -2.36. The molecule has 152 valence electrons. The molecule has 1 aromatic carbocycles. The number of hydrogen-bond donors (Lipinski definition) is 0. The SMILES string of the molecule is CCOc1ccc(-n2c(SCC(=O)N3CCCCC3)nnc2-c2ccco2)cc1. The van der Waals surface area contributed by atoms with Gasteiger partial charge in [-0.05, 0) is 62.6 Å². The van der Waals surface area contributed by atoms with Crippen LogP contribution in [-0.2, 0) is 4.79 Å². The highest BCUT2D eigenvalue weighted by Crippen LogP contribution is 2.29. The first-order valence-corrected chi connectivity index (χ1v) is 10.9. The second-order valence-electron chi connectivity index (χ2n) is 6.78. The maximum atomic E-state index is 12.6. The molecule has 1 amide bonds. The molecule has 0 bridgehead atoms. The van der Waals surface area contributed by atoms with E-state index < -0.39 is 0 Å². The van der Waals surface area contributed by atoms with Crippen molar-refractivity contribution in [1.29, 1.82) is 0 Å². The molecule has 0 spiro atoms. The lowest BCUT2D eigenvalue weighted by atomic mass is 10.1. The Labute approximate surface area is 174 Å². The highest BCUT2D eigenvalue weighted by molar-refractivity contribution is 7.99. The van der Waals surface area contributed by atoms with E-state index in [4.69, 9.17) is 9.15 Å². The van der Waals surface area contributed by atoms with Gasteiger partial charge in [-0.1, -0.05) is 11.8 Å². The lowest BCUT2D eigenvalue weighted by Gasteiger charge is -2.26. The number of benzene rings is 1. The molecule has 7 nitrogen and oxygen atoms in total. The summed E-state index contributed by atoms with van der Waals surface area (Å²) in [6, 6.07) is 11.4. The van der Waals surface area contributed by atoms with Crippen molar-refractivity contribution in [2.24, 2.45) is 0 Å². The molecule has 3 heterocycles. The maximum absolute atomic E-state index is 12.6. The number of rotatable bonds is 7. The smallest absolute Gasteiger partial charge is 0.233 e. The molecule has 3 aromatic rings. The van der Waals surface area contributed by atoms with Crippen LogP contribution >= 0.6 is 11.8 Å². The van der Waals surface area contributed by atoms with Crippen LogP contribution in [0.1, 0.15) is 26.2 Å². The van der Waals surface area contributed by atoms with Crippen LogP contribution in [-0.4, -0.2) is 51.0 Å². The molecule has 8 heteroatoms. The number of ether oxygens (including phenoxy) is 1. The van der Waals surface area contributed by atoms with Crippen LogP contribution in [0.15, 0.2) is 52.2 Å². The van der Waals surface area contributed by atoms with Gasteiger partial charge in [-0.15, -0.1) is 10.2 Å². The molecule has 0 N–H and O–H groups in total. The Hall–Kier alpha value is -2.74. The third-order valence-electron chi connectivity index (χ3n) is 4.81. The fraction of sp³-hybridized carbons (Fsp3) is 0.381. The topological polar surface area (TPSA) is 73.4 Å². The Bertz CT molecular complexity index is 932. The minimum atomic E-state index is 0.149. The number of carbonyl (C=O) groups excluding carboxylic acids is 1. The van der Waals surface area contributed by atoms with E-state index in [1.54, 1.807) is 6.26 Å². The number of amides is 1. The summed E-state index contributed by atoms with van der Waals surface area (Å²) in [4.78, 5) is 14.5. The zero-order valence-corrected chi connectivity index (χ0v) is 17.2. The summed E-state index contributed by atoms with van der Waals surface area (Å²) in [7, 11) is 0. The van der Waals surface area contributed by atoms with E-state index in [0.717, 1.165) is 37.4 Å². The van der Waals surface area contributed by atoms with E-state index in [-0.39, 0.29) is 5.91 Å². The average Bonchev–Trinajstić information content (AvgIpc) is 3.43. The van der Waals surface area contributed by atoms with Crippen molar-refractivity contribution in [2.45, 2.75) is 31.3 Å². The summed E-state index contributed by atoms with van der Waals surface area (Å²) < 4.78 is 13.0. The molecule has 4 rings (SSSR count). The zero-order chi connectivity index (χ0) is 20.1. The van der Waals surface area contributed by atoms with Crippen molar-refractivity contribution < 1.29 is 13.9 Å². The Morgan fingerprint density at radius 2 is 1.93 bits per heavy atom. The summed E-state index contributed by atoms with van der Waals surface area (Å²) in [6.45, 7) is 4.27. The predicted octanol–water partition coefficient (Wildman–Crippen LogP) is 4.03. The van der Waals surface area contributed by atoms with Gasteiger partial charge in [0.15, 0.2) is 10.9 Å². The molecule has 0 aliphatic carbocycles. The number of likely N-dealkylation sites (tertiary alicyclic amines) is 1. The van der Waals surface area contributed by atoms with E-state index in [2.05, 4.69) is 10.2 Å². The van der Waals surface area contributed by atoms with Gasteiger partial charge in [0, 0.05) is 13.1 Å². The van der Waals surface area contributed by atoms with Crippen LogP contribution in [0, 0.1) is 0 Å². The van der Waals surface area contributed by atoms with Gasteiger partial charge >= 0.3 is 0 Å². The van der Waals surface area contributed by atoms with Crippen molar-refractivity contribution in [3.05, 3.63) is 42.7 Å². The van der Waals surface area contributed by atoms with Crippen LogP contribution < -0.4 is 4.74 Å². The van der Waals surface area contributed by atoms with Gasteiger partial charge in [0.25, 0.3) is 0 Å². The molecular formula is C21H24N4O3S. The van der Waals surface area contributed by atoms with Gasteiger partial charge in [0.1, 0.15) is 5.75 Å². The largest absolute Gasteiger partial charge is 0.494 e. The third kappa shape index (κ3) is 4.48. The van der Waals surface area contributed by atoms with E-state index in [1.807, 2.05) is 52.8 Å². The average molecular weight is 413 g/mol. The molecule has 0 saturated carbocycles. The highest BCUT2D eigenvalue weighted by Gasteiger charge is 2.21. The molecule has 1 aliphatic heterocycles. The van der Waals surface area contributed by atoms with Gasteiger partial charge in [0.2, 0.25) is 11.7 Å². The number of aromatic nitrogens is 3. The lowest BCUT2D eigenvalue weighted by molar-refractivity contribution is -0.129. The van der Waals surface area contributed by atoms with Gasteiger partial charge in [0.05, 0.1) is 24.3 Å². The first-order valence-electron chi connectivity index (χ1n) is 9.89. The molecule has 1 saturated heterocycles. The Morgan fingerprint density at radius 3 is 2.62 bits per heavy atom. The number of thioether (sulfide) groups is 1. The first kappa shape index (κ1) is 19.6. The quantitative estimate of drug-likeness (QED) is 0.546. The van der Waals surface area contributed by atoms with Gasteiger partial charge in [-0.25, -0.2) is 0 Å². The molecule has 2 aromatic heterocycles. The molecule has 29 heavy (non-hydrogen) atoms. The normalized spacial score (nSPS) is 14.2. The Balaban J connectivity index is 1.59. The van der Waals surface area contributed by atoms with E-state index >= 15 is 0 Å². The van der Waals surface area contributed by atoms with Crippen LogP contribution in [0.2, 0.25) is 0 Å². The van der Waals surface area contributed by atoms with Crippen LogP contribution in [0.25, 0.3) is 17.3 Å². The number of furan rings is 1. The minimum absolute atomic E-state index is 0.149. The van der Waals surface area contributed by atoms with Crippen molar-refractivity contribution >= 4 is 17.7 Å². The summed E-state index contributed by atoms with van der Waals surface area (Å²) in [5.74, 6) is 2.52. The van der Waals surface area contributed by atoms with Crippen molar-refractivity contribution in [2.75, 3.05) is 25.4 Å². The highest BCUT2D eigenvalue weighted by atomic mass is 32.2. The van der Waals surface area contributed by atoms with Crippen LogP contribution in [0.5, 0.6) is 5.75 Å². The maximum Gasteiger partial charge on any atom is 0.233 e. The molecular weight excluding hydrogens is 388 g/mol. The fourth-order valence-electron chi connectivity index (χ4n) is 3.38. The number of hydrogen-bond acceptors (Lipinski definition) is 6. The Morgan fingerprint density at radius 1 is 1.14 bits per heavy atom. The monoisotopic (exact) mass is 412 g/mol. The molecule has 0 unspecified atom stereocenters. The first-order chi connectivity index (χ1) is 14.3. The van der Waals surface area contributed by atoms with Gasteiger partial charge in [-0.3, -0.25) is 9.36 Å². The minimum Gasteiger partial charge on any atom is -0.494 e. The molecule has 0 radical (unpaired) electrons. The summed E-state index contributed by atoms with van der Waals surface area (Å²) in [5, 5.41) is 9.32. The van der Waals surface area contributed by atoms with Crippen LogP contribution in [0.4, 0.5) is 0 Å². The second kappa shape index (κ2) is 9.17. The van der Waals surface area contributed by atoms with Gasteiger partial charge in [-0.2, -0.15) is 0 Å². The Kier molecular flexibility index (Phi) is 6.19. The van der Waals surface area contributed by atoms with Crippen molar-refractivity contribution in [1.82, 2.24) is 19.7 Å². The summed E-state index contributed by atoms with van der Waals surface area (Å²) >= 11 is 1.40. The van der Waals surface area contributed by atoms with E-state index in [1.165, 1.54) is 18.2 Å². The van der Waals surface area contributed by atoms with Crippen molar-refractivity contribution in [3.63, 3.8) is 0 Å². The fourth-order valence-corrected chi connectivity index (χ4v) is 4.24. The van der Waals surface area contributed by atoms with E-state index in [0.29, 0.717) is 29.1 Å². The zero-order valence-electron chi connectivity index (χ0n) is 16.4. The van der Waals surface area contributed by atoms with Gasteiger partial charge < -0.3 is 14.1 Å².